The second-order valence-electron chi connectivity index (χ2n) is 6.91. The Balaban J connectivity index is 1.62. The maximum absolute atomic E-state index is 13.1. The summed E-state index contributed by atoms with van der Waals surface area (Å²) in [6, 6.07) is 9.32. The van der Waals surface area contributed by atoms with Gasteiger partial charge in [-0.3, -0.25) is 9.59 Å². The van der Waals surface area contributed by atoms with Crippen molar-refractivity contribution < 1.29 is 14.7 Å². The van der Waals surface area contributed by atoms with Crippen LogP contribution in [0.15, 0.2) is 36.5 Å². The first-order valence-corrected chi connectivity index (χ1v) is 8.83. The molecular weight excluding hydrogens is 334 g/mol. The summed E-state index contributed by atoms with van der Waals surface area (Å²) < 4.78 is 1.50. The average Bonchev–Trinajstić information content (AvgIpc) is 3.16. The van der Waals surface area contributed by atoms with Gasteiger partial charge in [-0.1, -0.05) is 23.4 Å². The number of carbonyl (C=O) groups is 2. The molecule has 2 aliphatic rings. The number of aliphatic hydroxyl groups excluding tert-OH is 1. The zero-order valence-corrected chi connectivity index (χ0v) is 14.3. The fourth-order valence-electron chi connectivity index (χ4n) is 3.92. The van der Waals surface area contributed by atoms with E-state index in [-0.39, 0.29) is 18.4 Å². The van der Waals surface area contributed by atoms with Gasteiger partial charge < -0.3 is 15.3 Å². The van der Waals surface area contributed by atoms with Gasteiger partial charge in [0.15, 0.2) is 5.69 Å². The van der Waals surface area contributed by atoms with E-state index in [4.69, 9.17) is 0 Å². The molecule has 4 rings (SSSR count). The molecule has 2 atom stereocenters. The number of likely N-dealkylation sites (tertiary alicyclic amines) is 1. The van der Waals surface area contributed by atoms with Crippen LogP contribution < -0.4 is 5.32 Å². The monoisotopic (exact) mass is 355 g/mol. The van der Waals surface area contributed by atoms with Crippen molar-refractivity contribution in [2.75, 3.05) is 19.6 Å². The van der Waals surface area contributed by atoms with E-state index >= 15 is 0 Å². The predicted octanol–water partition coefficient (Wildman–Crippen LogP) is 0.370. The molecule has 2 N–H and O–H groups in total. The molecule has 2 saturated heterocycles. The summed E-state index contributed by atoms with van der Waals surface area (Å²) in [6.45, 7) is 1.22. The summed E-state index contributed by atoms with van der Waals surface area (Å²) in [7, 11) is 0. The predicted molar refractivity (Wildman–Crippen MR) is 92.6 cm³/mol. The molecule has 2 amide bonds. The molecule has 1 spiro atoms. The number of piperidine rings is 2. The molecule has 0 bridgehead atoms. The SMILES string of the molecule is O=C(c1cnnn1-c1ccccc1)N1CC[C@H](O)[C@@]2(CCCNC2=O)C1. The number of aliphatic hydroxyl groups is 1. The number of hydrogen-bond donors (Lipinski definition) is 2. The summed E-state index contributed by atoms with van der Waals surface area (Å²) in [6.07, 6.45) is 2.47. The Kier molecular flexibility index (Phi) is 4.20. The molecule has 0 unspecified atom stereocenters. The molecule has 2 fully saturated rings. The molecule has 136 valence electrons. The topological polar surface area (TPSA) is 100 Å². The van der Waals surface area contributed by atoms with E-state index in [0.717, 1.165) is 12.1 Å². The quantitative estimate of drug-likeness (QED) is 0.811. The summed E-state index contributed by atoms with van der Waals surface area (Å²) in [5, 5.41) is 21.2. The molecule has 0 radical (unpaired) electrons. The number of nitrogens with zero attached hydrogens (tertiary/aromatic N) is 4. The first kappa shape index (κ1) is 16.7. The normalized spacial score (nSPS) is 26.0. The van der Waals surface area contributed by atoms with E-state index in [1.54, 1.807) is 4.90 Å². The van der Waals surface area contributed by atoms with Gasteiger partial charge in [0.05, 0.1) is 23.4 Å². The van der Waals surface area contributed by atoms with Crippen molar-refractivity contribution in [1.82, 2.24) is 25.2 Å². The Morgan fingerprint density at radius 2 is 2.12 bits per heavy atom. The third-order valence-electron chi connectivity index (χ3n) is 5.38. The molecule has 1 aromatic heterocycles. The molecule has 26 heavy (non-hydrogen) atoms. The summed E-state index contributed by atoms with van der Waals surface area (Å²) in [5.41, 5.74) is 0.173. The number of rotatable bonds is 2. The van der Waals surface area contributed by atoms with Gasteiger partial charge in [0, 0.05) is 19.6 Å². The van der Waals surface area contributed by atoms with Crippen LogP contribution in [0.3, 0.4) is 0 Å². The van der Waals surface area contributed by atoms with Gasteiger partial charge >= 0.3 is 0 Å². The Hall–Kier alpha value is -2.74. The highest BCUT2D eigenvalue weighted by molar-refractivity contribution is 5.94. The summed E-state index contributed by atoms with van der Waals surface area (Å²) in [4.78, 5) is 27.2. The molecule has 1 aromatic carbocycles. The molecule has 0 aliphatic carbocycles. The highest BCUT2D eigenvalue weighted by atomic mass is 16.3. The number of aromatic nitrogens is 3. The van der Waals surface area contributed by atoms with Crippen LogP contribution in [0.5, 0.6) is 0 Å². The lowest BCUT2D eigenvalue weighted by Crippen LogP contribution is -2.62. The zero-order valence-electron chi connectivity index (χ0n) is 14.3. The van der Waals surface area contributed by atoms with E-state index in [1.807, 2.05) is 30.3 Å². The Morgan fingerprint density at radius 1 is 1.31 bits per heavy atom. The highest BCUT2D eigenvalue weighted by Gasteiger charge is 2.50. The second-order valence-corrected chi connectivity index (χ2v) is 6.91. The number of para-hydroxylation sites is 1. The van der Waals surface area contributed by atoms with Crippen molar-refractivity contribution in [2.24, 2.45) is 5.41 Å². The van der Waals surface area contributed by atoms with Gasteiger partial charge in [-0.05, 0) is 31.4 Å². The van der Waals surface area contributed by atoms with E-state index in [2.05, 4.69) is 15.6 Å². The van der Waals surface area contributed by atoms with Crippen LogP contribution >= 0.6 is 0 Å². The lowest BCUT2D eigenvalue weighted by molar-refractivity contribution is -0.147. The average molecular weight is 355 g/mol. The van der Waals surface area contributed by atoms with Gasteiger partial charge in [0.2, 0.25) is 5.91 Å². The van der Waals surface area contributed by atoms with Crippen molar-refractivity contribution in [2.45, 2.75) is 25.4 Å². The first-order chi connectivity index (χ1) is 12.6. The van der Waals surface area contributed by atoms with Crippen LogP contribution in [0.1, 0.15) is 29.8 Å². The number of carbonyl (C=O) groups excluding carboxylic acids is 2. The summed E-state index contributed by atoms with van der Waals surface area (Å²) in [5.74, 6) is -0.396. The fraction of sp³-hybridized carbons (Fsp3) is 0.444. The van der Waals surface area contributed by atoms with Crippen LogP contribution in [0.25, 0.3) is 5.69 Å². The molecule has 8 nitrogen and oxygen atoms in total. The molecular formula is C18H21N5O3. The van der Waals surface area contributed by atoms with Crippen LogP contribution in [-0.4, -0.2) is 62.6 Å². The zero-order chi connectivity index (χ0) is 18.1. The van der Waals surface area contributed by atoms with Gasteiger partial charge in [0.25, 0.3) is 5.91 Å². The largest absolute Gasteiger partial charge is 0.392 e. The summed E-state index contributed by atoms with van der Waals surface area (Å²) >= 11 is 0. The fourth-order valence-corrected chi connectivity index (χ4v) is 3.92. The lowest BCUT2D eigenvalue weighted by atomic mass is 9.71. The van der Waals surface area contributed by atoms with Gasteiger partial charge in [-0.2, -0.15) is 0 Å². The third-order valence-corrected chi connectivity index (χ3v) is 5.38. The second kappa shape index (κ2) is 6.53. The smallest absolute Gasteiger partial charge is 0.274 e. The number of nitrogens with one attached hydrogen (secondary N) is 1. The minimum Gasteiger partial charge on any atom is -0.392 e. The third kappa shape index (κ3) is 2.66. The maximum Gasteiger partial charge on any atom is 0.274 e. The Labute approximate surface area is 150 Å². The number of hydrogen-bond acceptors (Lipinski definition) is 5. The van der Waals surface area contributed by atoms with Crippen molar-refractivity contribution >= 4 is 11.8 Å². The molecule has 0 saturated carbocycles. The van der Waals surface area contributed by atoms with E-state index in [9.17, 15) is 14.7 Å². The van der Waals surface area contributed by atoms with Gasteiger partial charge in [0.1, 0.15) is 0 Å². The number of amides is 2. The molecule has 2 aliphatic heterocycles. The van der Waals surface area contributed by atoms with E-state index in [0.29, 0.717) is 31.6 Å². The lowest BCUT2D eigenvalue weighted by Gasteiger charge is -2.46. The maximum atomic E-state index is 13.1. The highest BCUT2D eigenvalue weighted by Crippen LogP contribution is 2.37. The first-order valence-electron chi connectivity index (χ1n) is 8.83. The van der Waals surface area contributed by atoms with Crippen LogP contribution in [0, 0.1) is 5.41 Å². The number of benzene rings is 1. The van der Waals surface area contributed by atoms with Gasteiger partial charge in [-0.25, -0.2) is 4.68 Å². The molecule has 3 heterocycles. The molecule has 8 heteroatoms. The van der Waals surface area contributed by atoms with Crippen LogP contribution in [-0.2, 0) is 4.79 Å². The molecule has 2 aromatic rings. The Bertz CT molecular complexity index is 821. The minimum absolute atomic E-state index is 0.163. The van der Waals surface area contributed by atoms with Gasteiger partial charge in [-0.15, -0.1) is 5.10 Å². The van der Waals surface area contributed by atoms with Crippen LogP contribution in [0.4, 0.5) is 0 Å². The Morgan fingerprint density at radius 3 is 2.88 bits per heavy atom. The standard InChI is InChI=1S/C18H21N5O3/c24-15-7-10-22(12-18(15)8-4-9-19-17(18)26)16(25)14-11-20-21-23(14)13-5-2-1-3-6-13/h1-3,5-6,11,15,24H,4,7-10,12H2,(H,19,26)/t15-,18+/m0/s1. The van der Waals surface area contributed by atoms with Crippen molar-refractivity contribution in [3.05, 3.63) is 42.2 Å². The van der Waals surface area contributed by atoms with E-state index in [1.165, 1.54) is 10.9 Å². The van der Waals surface area contributed by atoms with Crippen LogP contribution in [0.2, 0.25) is 0 Å². The van der Waals surface area contributed by atoms with Crippen molar-refractivity contribution in [3.63, 3.8) is 0 Å². The minimum atomic E-state index is -0.919. The van der Waals surface area contributed by atoms with Crippen molar-refractivity contribution in [3.8, 4) is 5.69 Å². The van der Waals surface area contributed by atoms with Crippen molar-refractivity contribution in [1.29, 1.82) is 0 Å². The van der Waals surface area contributed by atoms with E-state index < -0.39 is 11.5 Å².